The fourth-order valence-electron chi connectivity index (χ4n) is 3.03. The monoisotopic (exact) mass is 404 g/mol. The van der Waals surface area contributed by atoms with Crippen LogP contribution >= 0.6 is 11.3 Å². The van der Waals surface area contributed by atoms with E-state index < -0.39 is 11.8 Å². The van der Waals surface area contributed by atoms with Gasteiger partial charge in [-0.05, 0) is 23.1 Å². The molecule has 3 N–H and O–H groups in total. The number of amides is 2. The van der Waals surface area contributed by atoms with E-state index in [1.165, 1.54) is 16.0 Å². The molecule has 2 amide bonds. The number of nitrogens with one attached hydrogen (secondary N) is 1. The molecule has 2 aromatic heterocycles. The van der Waals surface area contributed by atoms with Gasteiger partial charge in [-0.2, -0.15) is 5.10 Å². The highest BCUT2D eigenvalue weighted by Gasteiger charge is 2.19. The number of anilines is 1. The third kappa shape index (κ3) is 3.65. The molecule has 2 aromatic carbocycles. The van der Waals surface area contributed by atoms with Crippen LogP contribution < -0.4 is 16.6 Å². The van der Waals surface area contributed by atoms with Crippen molar-refractivity contribution in [2.75, 3.05) is 5.32 Å². The molecule has 0 saturated carbocycles. The molecule has 7 nitrogen and oxygen atoms in total. The zero-order chi connectivity index (χ0) is 20.4. The van der Waals surface area contributed by atoms with Gasteiger partial charge in [-0.1, -0.05) is 48.5 Å². The van der Waals surface area contributed by atoms with Crippen molar-refractivity contribution in [2.45, 2.75) is 6.54 Å². The Hall–Kier alpha value is -3.78. The second-order valence-electron chi connectivity index (χ2n) is 6.32. The molecule has 0 spiro atoms. The summed E-state index contributed by atoms with van der Waals surface area (Å²) in [5, 5.41) is 9.86. The molecule has 0 fully saturated rings. The fourth-order valence-corrected chi connectivity index (χ4v) is 3.82. The smallest absolute Gasteiger partial charge is 0.277 e. The Morgan fingerprint density at radius 2 is 1.69 bits per heavy atom. The first kappa shape index (κ1) is 18.6. The molecule has 4 rings (SSSR count). The van der Waals surface area contributed by atoms with Crippen LogP contribution in [0.2, 0.25) is 0 Å². The van der Waals surface area contributed by atoms with Gasteiger partial charge in [0.05, 0.1) is 17.5 Å². The van der Waals surface area contributed by atoms with E-state index in [0.717, 1.165) is 5.56 Å². The molecule has 4 aromatic rings. The molecule has 0 radical (unpaired) electrons. The van der Waals surface area contributed by atoms with Crippen molar-refractivity contribution < 1.29 is 9.59 Å². The van der Waals surface area contributed by atoms with Crippen LogP contribution in [0, 0.1) is 0 Å². The Morgan fingerprint density at radius 1 is 1.00 bits per heavy atom. The number of aromatic nitrogens is 2. The number of rotatable bonds is 5. The van der Waals surface area contributed by atoms with Crippen molar-refractivity contribution in [1.82, 2.24) is 9.78 Å². The second kappa shape index (κ2) is 7.69. The first-order valence-corrected chi connectivity index (χ1v) is 9.65. The van der Waals surface area contributed by atoms with Crippen LogP contribution in [0.15, 0.2) is 70.8 Å². The Morgan fingerprint density at radius 3 is 2.41 bits per heavy atom. The molecule has 0 aliphatic heterocycles. The van der Waals surface area contributed by atoms with E-state index in [9.17, 15) is 14.4 Å². The van der Waals surface area contributed by atoms with E-state index in [1.54, 1.807) is 35.7 Å². The molecule has 0 aliphatic rings. The predicted octanol–water partition coefficient (Wildman–Crippen LogP) is 2.86. The number of primary amides is 1. The van der Waals surface area contributed by atoms with E-state index in [-0.39, 0.29) is 23.4 Å². The molecule has 0 atom stereocenters. The Balaban J connectivity index is 1.79. The molecule has 8 heteroatoms. The summed E-state index contributed by atoms with van der Waals surface area (Å²) in [5.41, 5.74) is 6.28. The van der Waals surface area contributed by atoms with Gasteiger partial charge in [0, 0.05) is 5.39 Å². The lowest BCUT2D eigenvalue weighted by molar-refractivity contribution is 0.100. The number of fused-ring (bicyclic) bond motifs is 1. The summed E-state index contributed by atoms with van der Waals surface area (Å²) in [6, 6.07) is 17.8. The van der Waals surface area contributed by atoms with Gasteiger partial charge in [-0.15, -0.1) is 11.3 Å². The molecular formula is C21H16N4O3S. The summed E-state index contributed by atoms with van der Waals surface area (Å²) in [4.78, 5) is 37.4. The first-order valence-electron chi connectivity index (χ1n) is 8.77. The lowest BCUT2D eigenvalue weighted by Gasteiger charge is -2.11. The zero-order valence-electron chi connectivity index (χ0n) is 15.2. The number of nitrogens with two attached hydrogens (primary N) is 1. The summed E-state index contributed by atoms with van der Waals surface area (Å²) in [7, 11) is 0. The van der Waals surface area contributed by atoms with Crippen LogP contribution in [0.5, 0.6) is 0 Å². The standard InChI is InChI=1S/C21H16N4O3S/c22-18(26)16-10-11-29-20(16)23-19(27)17-14-8-4-5-9-15(14)21(28)25(24-17)12-13-6-2-1-3-7-13/h1-11H,12H2,(H2,22,26)(H,23,27). The summed E-state index contributed by atoms with van der Waals surface area (Å²) in [5.74, 6) is -1.15. The molecule has 0 bridgehead atoms. The topological polar surface area (TPSA) is 107 Å². The maximum absolute atomic E-state index is 13.0. The average molecular weight is 404 g/mol. The Kier molecular flexibility index (Phi) is 4.92. The summed E-state index contributed by atoms with van der Waals surface area (Å²) < 4.78 is 1.27. The molecule has 2 heterocycles. The number of carbonyl (C=O) groups is 2. The third-order valence-corrected chi connectivity index (χ3v) is 5.25. The molecule has 144 valence electrons. The van der Waals surface area contributed by atoms with E-state index in [4.69, 9.17) is 5.73 Å². The van der Waals surface area contributed by atoms with Crippen LogP contribution in [0.4, 0.5) is 5.00 Å². The minimum atomic E-state index is -0.631. The van der Waals surface area contributed by atoms with Gasteiger partial charge in [-0.3, -0.25) is 14.4 Å². The largest absolute Gasteiger partial charge is 0.366 e. The van der Waals surface area contributed by atoms with Gasteiger partial charge in [0.25, 0.3) is 17.4 Å². The number of carbonyl (C=O) groups excluding carboxylic acids is 2. The van der Waals surface area contributed by atoms with Crippen LogP contribution in [-0.2, 0) is 6.54 Å². The third-order valence-electron chi connectivity index (χ3n) is 4.42. The lowest BCUT2D eigenvalue weighted by Crippen LogP contribution is -2.28. The van der Waals surface area contributed by atoms with E-state index in [1.807, 2.05) is 30.3 Å². The van der Waals surface area contributed by atoms with Gasteiger partial charge >= 0.3 is 0 Å². The minimum absolute atomic E-state index is 0.0972. The molecule has 0 unspecified atom stereocenters. The van der Waals surface area contributed by atoms with Crippen LogP contribution in [0.3, 0.4) is 0 Å². The van der Waals surface area contributed by atoms with Gasteiger partial charge < -0.3 is 11.1 Å². The maximum Gasteiger partial charge on any atom is 0.277 e. The van der Waals surface area contributed by atoms with Gasteiger partial charge in [0.1, 0.15) is 5.00 Å². The minimum Gasteiger partial charge on any atom is -0.366 e. The van der Waals surface area contributed by atoms with Gasteiger partial charge in [-0.25, -0.2) is 4.68 Å². The second-order valence-corrected chi connectivity index (χ2v) is 7.24. The lowest BCUT2D eigenvalue weighted by atomic mass is 10.1. The van der Waals surface area contributed by atoms with Crippen LogP contribution in [0.1, 0.15) is 26.4 Å². The number of hydrogen-bond donors (Lipinski definition) is 2. The van der Waals surface area contributed by atoms with Crippen molar-refractivity contribution in [3.05, 3.63) is 93.2 Å². The van der Waals surface area contributed by atoms with E-state index in [0.29, 0.717) is 15.8 Å². The summed E-state index contributed by atoms with van der Waals surface area (Å²) in [6.07, 6.45) is 0. The van der Waals surface area contributed by atoms with Crippen molar-refractivity contribution in [1.29, 1.82) is 0 Å². The molecule has 29 heavy (non-hydrogen) atoms. The molecule has 0 saturated heterocycles. The number of benzene rings is 2. The maximum atomic E-state index is 13.0. The summed E-state index contributed by atoms with van der Waals surface area (Å²) >= 11 is 1.19. The van der Waals surface area contributed by atoms with E-state index >= 15 is 0 Å². The number of thiophene rings is 1. The van der Waals surface area contributed by atoms with Crippen molar-refractivity contribution in [3.8, 4) is 0 Å². The van der Waals surface area contributed by atoms with Gasteiger partial charge in [0.15, 0.2) is 5.69 Å². The SMILES string of the molecule is NC(=O)c1ccsc1NC(=O)c1nn(Cc2ccccc2)c(=O)c2ccccc12. The highest BCUT2D eigenvalue weighted by atomic mass is 32.1. The quantitative estimate of drug-likeness (QED) is 0.533. The predicted molar refractivity (Wildman–Crippen MR) is 112 cm³/mol. The van der Waals surface area contributed by atoms with Crippen molar-refractivity contribution >= 4 is 38.9 Å². The first-order chi connectivity index (χ1) is 14.0. The highest BCUT2D eigenvalue weighted by molar-refractivity contribution is 7.14. The van der Waals surface area contributed by atoms with E-state index in [2.05, 4.69) is 10.4 Å². The van der Waals surface area contributed by atoms with Crippen LogP contribution in [0.25, 0.3) is 10.8 Å². The highest BCUT2D eigenvalue weighted by Crippen LogP contribution is 2.24. The van der Waals surface area contributed by atoms with Gasteiger partial charge in [0.2, 0.25) is 0 Å². The zero-order valence-corrected chi connectivity index (χ0v) is 16.0. The average Bonchev–Trinajstić information content (AvgIpc) is 3.19. The number of hydrogen-bond acceptors (Lipinski definition) is 5. The summed E-state index contributed by atoms with van der Waals surface area (Å²) in [6.45, 7) is 0.232. The molecular weight excluding hydrogens is 388 g/mol. The number of nitrogens with zero attached hydrogens (tertiary/aromatic N) is 2. The van der Waals surface area contributed by atoms with Crippen molar-refractivity contribution in [2.24, 2.45) is 5.73 Å². The normalized spacial score (nSPS) is 10.8. The Bertz CT molecular complexity index is 1280. The fraction of sp³-hybridized carbons (Fsp3) is 0.0476. The Labute approximate surface area is 169 Å². The van der Waals surface area contributed by atoms with Crippen LogP contribution in [-0.4, -0.2) is 21.6 Å². The van der Waals surface area contributed by atoms with Crippen molar-refractivity contribution in [3.63, 3.8) is 0 Å². The molecule has 0 aliphatic carbocycles.